The summed E-state index contributed by atoms with van der Waals surface area (Å²) in [7, 11) is 1.90. The van der Waals surface area contributed by atoms with Gasteiger partial charge in [-0.05, 0) is 48.1 Å². The van der Waals surface area contributed by atoms with Crippen molar-refractivity contribution in [2.75, 3.05) is 18.5 Å². The minimum absolute atomic E-state index is 0.123. The molecule has 0 radical (unpaired) electrons. The first-order valence-electron chi connectivity index (χ1n) is 5.25. The molecule has 1 atom stereocenters. The Morgan fingerprint density at radius 1 is 1.59 bits per heavy atom. The van der Waals surface area contributed by atoms with Crippen LogP contribution >= 0.6 is 22.6 Å². The number of rotatable bonds is 5. The molecule has 0 fully saturated rings. The fraction of sp³-hybridized carbons (Fsp3) is 0.455. The number of halogens is 1. The fourth-order valence-electron chi connectivity index (χ4n) is 1.39. The van der Waals surface area contributed by atoms with Crippen LogP contribution in [0.3, 0.4) is 0 Å². The van der Waals surface area contributed by atoms with Gasteiger partial charge in [0.1, 0.15) is 0 Å². The van der Waals surface area contributed by atoms with Crippen molar-refractivity contribution in [3.8, 4) is 0 Å². The Labute approximate surface area is 114 Å². The van der Waals surface area contributed by atoms with Crippen molar-refractivity contribution in [3.05, 3.63) is 31.9 Å². The van der Waals surface area contributed by atoms with Crippen LogP contribution in [0.25, 0.3) is 0 Å². The van der Waals surface area contributed by atoms with Crippen LogP contribution in [0.4, 0.5) is 11.4 Å². The molecule has 0 heterocycles. The lowest BCUT2D eigenvalue weighted by Crippen LogP contribution is -2.21. The minimum atomic E-state index is -0.388. The lowest BCUT2D eigenvalue weighted by Gasteiger charge is -2.20. The van der Waals surface area contributed by atoms with Gasteiger partial charge < -0.3 is 10.0 Å². The quantitative estimate of drug-likeness (QED) is 0.503. The van der Waals surface area contributed by atoms with Crippen molar-refractivity contribution >= 4 is 34.0 Å². The maximum absolute atomic E-state index is 10.7. The number of aliphatic hydroxyl groups is 1. The average Bonchev–Trinajstić information content (AvgIpc) is 2.25. The van der Waals surface area contributed by atoms with E-state index in [-0.39, 0.29) is 16.7 Å². The Balaban J connectivity index is 2.79. The molecule has 0 amide bonds. The van der Waals surface area contributed by atoms with Crippen molar-refractivity contribution < 1.29 is 10.0 Å². The summed E-state index contributed by atoms with van der Waals surface area (Å²) in [5.74, 6) is 0. The van der Waals surface area contributed by atoms with Crippen molar-refractivity contribution in [2.45, 2.75) is 19.4 Å². The molecule has 0 aliphatic carbocycles. The zero-order valence-corrected chi connectivity index (χ0v) is 11.9. The molecule has 1 rings (SSSR count). The topological polar surface area (TPSA) is 66.6 Å². The molecule has 17 heavy (non-hydrogen) atoms. The van der Waals surface area contributed by atoms with Crippen molar-refractivity contribution in [2.24, 2.45) is 0 Å². The fourth-order valence-corrected chi connectivity index (χ4v) is 2.09. The van der Waals surface area contributed by atoms with E-state index in [4.69, 9.17) is 0 Å². The number of hydrogen-bond donors (Lipinski definition) is 1. The van der Waals surface area contributed by atoms with Gasteiger partial charge in [-0.15, -0.1) is 0 Å². The molecule has 5 nitrogen and oxygen atoms in total. The molecule has 1 N–H and O–H groups in total. The van der Waals surface area contributed by atoms with Crippen LogP contribution in [-0.2, 0) is 0 Å². The summed E-state index contributed by atoms with van der Waals surface area (Å²) in [6.07, 6.45) is 0.332. The first-order valence-corrected chi connectivity index (χ1v) is 6.33. The molecule has 0 spiro atoms. The molecule has 0 aliphatic rings. The summed E-state index contributed by atoms with van der Waals surface area (Å²) in [6, 6.07) is 5.01. The van der Waals surface area contributed by atoms with Gasteiger partial charge in [-0.1, -0.05) is 0 Å². The highest BCUT2D eigenvalue weighted by Gasteiger charge is 2.13. The monoisotopic (exact) mass is 350 g/mol. The number of nitrogens with zero attached hydrogens (tertiary/aromatic N) is 2. The second-order valence-electron chi connectivity index (χ2n) is 3.95. The zero-order chi connectivity index (χ0) is 13.0. The van der Waals surface area contributed by atoms with Gasteiger partial charge in [0, 0.05) is 25.3 Å². The van der Waals surface area contributed by atoms with Gasteiger partial charge in [0.25, 0.3) is 5.69 Å². The number of nitro benzene ring substituents is 1. The largest absolute Gasteiger partial charge is 0.393 e. The van der Waals surface area contributed by atoms with E-state index >= 15 is 0 Å². The Bertz CT molecular complexity index is 410. The highest BCUT2D eigenvalue weighted by Crippen LogP contribution is 2.25. The summed E-state index contributed by atoms with van der Waals surface area (Å²) >= 11 is 1.96. The summed E-state index contributed by atoms with van der Waals surface area (Å²) in [5.41, 5.74) is 1.04. The molecule has 0 saturated carbocycles. The molecule has 94 valence electrons. The summed E-state index contributed by atoms with van der Waals surface area (Å²) in [5, 5.41) is 19.9. The molecule has 1 aromatic rings. The van der Waals surface area contributed by atoms with Gasteiger partial charge in [0.05, 0.1) is 14.6 Å². The summed E-state index contributed by atoms with van der Waals surface area (Å²) < 4.78 is 0.619. The van der Waals surface area contributed by atoms with Gasteiger partial charge in [0.15, 0.2) is 0 Å². The van der Waals surface area contributed by atoms with E-state index in [2.05, 4.69) is 0 Å². The van der Waals surface area contributed by atoms with E-state index in [0.29, 0.717) is 16.5 Å². The lowest BCUT2D eigenvalue weighted by atomic mass is 10.2. The number of nitro groups is 1. The normalized spacial score (nSPS) is 12.2. The Morgan fingerprint density at radius 2 is 2.24 bits per heavy atom. The number of anilines is 1. The molecule has 0 aromatic heterocycles. The standard InChI is InChI=1S/C11H15IN2O3/c1-8(15)5-6-13(2)9-3-4-11(14(16)17)10(12)7-9/h3-4,7-8,15H,5-6H2,1-2H3. The van der Waals surface area contributed by atoms with Crippen molar-refractivity contribution in [1.82, 2.24) is 0 Å². The summed E-state index contributed by atoms with van der Waals surface area (Å²) in [4.78, 5) is 12.3. The first kappa shape index (κ1) is 14.2. The second kappa shape index (κ2) is 6.15. The Morgan fingerprint density at radius 3 is 2.71 bits per heavy atom. The third-order valence-electron chi connectivity index (χ3n) is 2.45. The molecule has 0 aliphatic heterocycles. The predicted molar refractivity (Wildman–Crippen MR) is 75.4 cm³/mol. The van der Waals surface area contributed by atoms with Crippen LogP contribution < -0.4 is 4.90 Å². The molecule has 0 saturated heterocycles. The van der Waals surface area contributed by atoms with Gasteiger partial charge in [-0.3, -0.25) is 10.1 Å². The number of aliphatic hydroxyl groups excluding tert-OH is 1. The van der Waals surface area contributed by atoms with Crippen LogP contribution in [0.5, 0.6) is 0 Å². The van der Waals surface area contributed by atoms with Crippen LogP contribution in [-0.4, -0.2) is 29.7 Å². The number of hydrogen-bond acceptors (Lipinski definition) is 4. The smallest absolute Gasteiger partial charge is 0.282 e. The van der Waals surface area contributed by atoms with Gasteiger partial charge in [0.2, 0.25) is 0 Å². The number of benzene rings is 1. The van der Waals surface area contributed by atoms with E-state index in [1.54, 1.807) is 19.1 Å². The van der Waals surface area contributed by atoms with Gasteiger partial charge in [-0.25, -0.2) is 0 Å². The molecular formula is C11H15IN2O3. The molecule has 6 heteroatoms. The van der Waals surface area contributed by atoms with Gasteiger partial charge in [-0.2, -0.15) is 0 Å². The molecular weight excluding hydrogens is 335 g/mol. The molecule has 1 aromatic carbocycles. The Kier molecular flexibility index (Phi) is 5.13. The minimum Gasteiger partial charge on any atom is -0.393 e. The van der Waals surface area contributed by atoms with E-state index in [0.717, 1.165) is 5.69 Å². The van der Waals surface area contributed by atoms with Crippen molar-refractivity contribution in [3.63, 3.8) is 0 Å². The van der Waals surface area contributed by atoms with E-state index in [1.807, 2.05) is 34.5 Å². The summed E-state index contributed by atoms with van der Waals surface area (Å²) in [6.45, 7) is 2.46. The van der Waals surface area contributed by atoms with Crippen LogP contribution in [0.15, 0.2) is 18.2 Å². The van der Waals surface area contributed by atoms with Crippen LogP contribution in [0.2, 0.25) is 0 Å². The maximum Gasteiger partial charge on any atom is 0.282 e. The first-order chi connectivity index (χ1) is 7.91. The SMILES string of the molecule is CC(O)CCN(C)c1ccc([N+](=O)[O-])c(I)c1. The Hall–Kier alpha value is -0.890. The third-order valence-corrected chi connectivity index (χ3v) is 3.32. The van der Waals surface area contributed by atoms with Gasteiger partial charge >= 0.3 is 0 Å². The van der Waals surface area contributed by atoms with Crippen LogP contribution in [0.1, 0.15) is 13.3 Å². The van der Waals surface area contributed by atoms with E-state index in [1.165, 1.54) is 6.07 Å². The second-order valence-corrected chi connectivity index (χ2v) is 5.11. The third kappa shape index (κ3) is 4.12. The lowest BCUT2D eigenvalue weighted by molar-refractivity contribution is -0.385. The zero-order valence-electron chi connectivity index (χ0n) is 9.76. The molecule has 0 bridgehead atoms. The van der Waals surface area contributed by atoms with Crippen LogP contribution in [0, 0.1) is 13.7 Å². The maximum atomic E-state index is 10.7. The van der Waals surface area contributed by atoms with Crippen molar-refractivity contribution in [1.29, 1.82) is 0 Å². The van der Waals surface area contributed by atoms with E-state index in [9.17, 15) is 15.2 Å². The molecule has 1 unspecified atom stereocenters. The van der Waals surface area contributed by atoms with E-state index < -0.39 is 0 Å². The predicted octanol–water partition coefficient (Wildman–Crippen LogP) is 2.41. The highest BCUT2D eigenvalue weighted by molar-refractivity contribution is 14.1. The average molecular weight is 350 g/mol. The highest BCUT2D eigenvalue weighted by atomic mass is 127.